The van der Waals surface area contributed by atoms with Gasteiger partial charge in [0.25, 0.3) is 5.91 Å². The minimum Gasteiger partial charge on any atom is -0.488 e. The summed E-state index contributed by atoms with van der Waals surface area (Å²) in [6.45, 7) is 4.26. The van der Waals surface area contributed by atoms with Gasteiger partial charge in [-0.05, 0) is 54.6 Å². The molecule has 6 heteroatoms. The van der Waals surface area contributed by atoms with Gasteiger partial charge in [-0.15, -0.1) is 23.7 Å². The quantitative estimate of drug-likeness (QED) is 0.516. The van der Waals surface area contributed by atoms with Crippen molar-refractivity contribution in [2.24, 2.45) is 5.73 Å². The lowest BCUT2D eigenvalue weighted by Crippen LogP contribution is -2.32. The SMILES string of the molecule is Cc1ccccc1COc1ccccc1C(=O)N(CCCN)Cc1cccs1.Cl. The first-order valence-electron chi connectivity index (χ1n) is 9.47. The molecule has 0 radical (unpaired) electrons. The van der Waals surface area contributed by atoms with Crippen LogP contribution in [-0.2, 0) is 13.2 Å². The van der Waals surface area contributed by atoms with Gasteiger partial charge in [-0.2, -0.15) is 0 Å². The molecule has 2 aromatic carbocycles. The number of nitrogens with two attached hydrogens (primary N) is 1. The lowest BCUT2D eigenvalue weighted by molar-refractivity contribution is 0.0739. The maximum absolute atomic E-state index is 13.3. The molecule has 2 N–H and O–H groups in total. The van der Waals surface area contributed by atoms with Crippen molar-refractivity contribution in [1.29, 1.82) is 0 Å². The highest BCUT2D eigenvalue weighted by Gasteiger charge is 2.20. The molecule has 1 amide bonds. The third kappa shape index (κ3) is 6.32. The molecule has 154 valence electrons. The van der Waals surface area contributed by atoms with Gasteiger partial charge in [-0.1, -0.05) is 42.5 Å². The predicted molar refractivity (Wildman–Crippen MR) is 122 cm³/mol. The van der Waals surface area contributed by atoms with E-state index in [9.17, 15) is 4.79 Å². The topological polar surface area (TPSA) is 55.6 Å². The van der Waals surface area contributed by atoms with E-state index in [2.05, 4.69) is 13.0 Å². The third-order valence-electron chi connectivity index (χ3n) is 4.61. The molecule has 0 atom stereocenters. The lowest BCUT2D eigenvalue weighted by atomic mass is 10.1. The second-order valence-corrected chi connectivity index (χ2v) is 7.69. The van der Waals surface area contributed by atoms with Gasteiger partial charge in [0.05, 0.1) is 12.1 Å². The lowest BCUT2D eigenvalue weighted by Gasteiger charge is -2.23. The average molecular weight is 431 g/mol. The molecular formula is C23H27ClN2O2S. The first-order chi connectivity index (χ1) is 13.7. The van der Waals surface area contributed by atoms with Crippen LogP contribution in [0.1, 0.15) is 32.8 Å². The van der Waals surface area contributed by atoms with E-state index in [1.807, 2.05) is 64.9 Å². The zero-order valence-corrected chi connectivity index (χ0v) is 18.2. The van der Waals surface area contributed by atoms with Gasteiger partial charge < -0.3 is 15.4 Å². The van der Waals surface area contributed by atoms with Gasteiger partial charge in [0, 0.05) is 11.4 Å². The number of amides is 1. The fourth-order valence-electron chi connectivity index (χ4n) is 2.99. The van der Waals surface area contributed by atoms with Crippen LogP contribution in [-0.4, -0.2) is 23.9 Å². The molecule has 0 fully saturated rings. The Morgan fingerprint density at radius 2 is 1.83 bits per heavy atom. The summed E-state index contributed by atoms with van der Waals surface area (Å²) in [5, 5.41) is 2.03. The normalized spacial score (nSPS) is 10.3. The van der Waals surface area contributed by atoms with Crippen LogP contribution in [0.2, 0.25) is 0 Å². The summed E-state index contributed by atoms with van der Waals surface area (Å²) in [6.07, 6.45) is 0.767. The number of hydrogen-bond donors (Lipinski definition) is 1. The van der Waals surface area contributed by atoms with Crippen LogP contribution >= 0.6 is 23.7 Å². The number of aryl methyl sites for hydroxylation is 1. The molecule has 4 nitrogen and oxygen atoms in total. The molecule has 0 unspecified atom stereocenters. The number of halogens is 1. The fourth-order valence-corrected chi connectivity index (χ4v) is 3.71. The van der Waals surface area contributed by atoms with Gasteiger partial charge in [0.15, 0.2) is 0 Å². The molecule has 0 aliphatic heterocycles. The summed E-state index contributed by atoms with van der Waals surface area (Å²) in [6, 6.07) is 19.6. The van der Waals surface area contributed by atoms with Crippen molar-refractivity contribution in [3.8, 4) is 5.75 Å². The zero-order chi connectivity index (χ0) is 19.8. The number of thiophene rings is 1. The Bertz CT molecular complexity index is 899. The van der Waals surface area contributed by atoms with Crippen molar-refractivity contribution in [3.05, 3.63) is 87.6 Å². The maximum Gasteiger partial charge on any atom is 0.257 e. The van der Waals surface area contributed by atoms with Gasteiger partial charge in [0.2, 0.25) is 0 Å². The van der Waals surface area contributed by atoms with Crippen LogP contribution in [0, 0.1) is 6.92 Å². The van der Waals surface area contributed by atoms with E-state index in [1.165, 1.54) is 5.56 Å². The molecule has 0 saturated heterocycles. The number of hydrogen-bond acceptors (Lipinski definition) is 4. The van der Waals surface area contributed by atoms with Crippen molar-refractivity contribution < 1.29 is 9.53 Å². The van der Waals surface area contributed by atoms with Gasteiger partial charge in [-0.3, -0.25) is 4.79 Å². The maximum atomic E-state index is 13.3. The van der Waals surface area contributed by atoms with E-state index in [4.69, 9.17) is 10.5 Å². The Morgan fingerprint density at radius 1 is 1.07 bits per heavy atom. The van der Waals surface area contributed by atoms with Crippen LogP contribution in [0.25, 0.3) is 0 Å². The molecule has 0 bridgehead atoms. The highest BCUT2D eigenvalue weighted by molar-refractivity contribution is 7.09. The van der Waals surface area contributed by atoms with E-state index in [0.717, 1.165) is 16.9 Å². The number of para-hydroxylation sites is 1. The second kappa shape index (κ2) is 11.6. The van der Waals surface area contributed by atoms with Gasteiger partial charge >= 0.3 is 0 Å². The van der Waals surface area contributed by atoms with Crippen molar-refractivity contribution in [2.45, 2.75) is 26.5 Å². The van der Waals surface area contributed by atoms with Crippen LogP contribution in [0.4, 0.5) is 0 Å². The van der Waals surface area contributed by atoms with Gasteiger partial charge in [-0.25, -0.2) is 0 Å². The largest absolute Gasteiger partial charge is 0.488 e. The Kier molecular flexibility index (Phi) is 9.19. The van der Waals surface area contributed by atoms with Crippen LogP contribution in [0.3, 0.4) is 0 Å². The summed E-state index contributed by atoms with van der Waals surface area (Å²) >= 11 is 1.65. The van der Waals surface area contributed by atoms with Crippen LogP contribution in [0.15, 0.2) is 66.0 Å². The smallest absolute Gasteiger partial charge is 0.257 e. The van der Waals surface area contributed by atoms with E-state index in [-0.39, 0.29) is 18.3 Å². The number of ether oxygens (including phenoxy) is 1. The monoisotopic (exact) mass is 430 g/mol. The molecule has 0 aliphatic rings. The highest BCUT2D eigenvalue weighted by atomic mass is 35.5. The Labute approximate surface area is 182 Å². The first-order valence-corrected chi connectivity index (χ1v) is 10.3. The second-order valence-electron chi connectivity index (χ2n) is 6.66. The highest BCUT2D eigenvalue weighted by Crippen LogP contribution is 2.23. The molecule has 0 spiro atoms. The number of rotatable bonds is 9. The van der Waals surface area contributed by atoms with E-state index >= 15 is 0 Å². The number of nitrogens with zero attached hydrogens (tertiary/aromatic N) is 1. The summed E-state index contributed by atoms with van der Waals surface area (Å²) in [7, 11) is 0. The summed E-state index contributed by atoms with van der Waals surface area (Å²) in [4.78, 5) is 16.3. The third-order valence-corrected chi connectivity index (χ3v) is 5.47. The number of benzene rings is 2. The molecule has 29 heavy (non-hydrogen) atoms. The number of carbonyl (C=O) groups is 1. The Balaban J connectivity index is 0.00000300. The standard InChI is InChI=1S/C23H26N2O2S.ClH/c1-18-8-2-3-9-19(18)17-27-22-12-5-4-11-21(22)23(26)25(14-7-13-24)16-20-10-6-15-28-20;/h2-6,8-12,15H,7,13-14,16-17,24H2,1H3;1H. The molecule has 1 aromatic heterocycles. The predicted octanol–water partition coefficient (Wildman–Crippen LogP) is 5.05. The van der Waals surface area contributed by atoms with Crippen LogP contribution in [0.5, 0.6) is 5.75 Å². The Morgan fingerprint density at radius 3 is 2.55 bits per heavy atom. The van der Waals surface area contributed by atoms with E-state index in [1.54, 1.807) is 11.3 Å². The van der Waals surface area contributed by atoms with Crippen molar-refractivity contribution in [3.63, 3.8) is 0 Å². The molecule has 1 heterocycles. The summed E-state index contributed by atoms with van der Waals surface area (Å²) in [5.41, 5.74) is 8.56. The van der Waals surface area contributed by atoms with Crippen LogP contribution < -0.4 is 10.5 Å². The number of carbonyl (C=O) groups excluding carboxylic acids is 1. The summed E-state index contributed by atoms with van der Waals surface area (Å²) in [5.74, 6) is 0.585. The molecule has 3 aromatic rings. The van der Waals surface area contributed by atoms with Gasteiger partial charge in [0.1, 0.15) is 12.4 Å². The molecule has 0 saturated carbocycles. The average Bonchev–Trinajstić information content (AvgIpc) is 3.23. The van der Waals surface area contributed by atoms with Crippen molar-refractivity contribution in [2.75, 3.05) is 13.1 Å². The fraction of sp³-hybridized carbons (Fsp3) is 0.261. The molecule has 0 aliphatic carbocycles. The minimum absolute atomic E-state index is 0. The van der Waals surface area contributed by atoms with Crippen molar-refractivity contribution in [1.82, 2.24) is 4.90 Å². The zero-order valence-electron chi connectivity index (χ0n) is 16.5. The van der Waals surface area contributed by atoms with Crippen molar-refractivity contribution >= 4 is 29.7 Å². The molecular weight excluding hydrogens is 404 g/mol. The summed E-state index contributed by atoms with van der Waals surface area (Å²) < 4.78 is 6.05. The minimum atomic E-state index is -0.0257. The molecule has 3 rings (SSSR count). The first kappa shape index (κ1) is 22.9. The Hall–Kier alpha value is -2.34. The van der Waals surface area contributed by atoms with E-state index < -0.39 is 0 Å². The van der Waals surface area contributed by atoms with E-state index in [0.29, 0.717) is 37.6 Å².